The summed E-state index contributed by atoms with van der Waals surface area (Å²) in [4.78, 5) is 0. The number of hydrogen-bond acceptors (Lipinski definition) is 1. The second-order valence-electron chi connectivity index (χ2n) is 5.80. The molecule has 0 aromatic heterocycles. The van der Waals surface area contributed by atoms with Gasteiger partial charge in [0, 0.05) is 11.6 Å². The SMILES string of the molecule is CC(C)NC1(Cc2ccccc2)CCCCC1. The molecule has 2 rings (SSSR count). The van der Waals surface area contributed by atoms with Crippen LogP contribution in [0.4, 0.5) is 0 Å². The first-order valence-corrected chi connectivity index (χ1v) is 7.02. The van der Waals surface area contributed by atoms with Gasteiger partial charge in [0.15, 0.2) is 0 Å². The van der Waals surface area contributed by atoms with Gasteiger partial charge < -0.3 is 5.32 Å². The van der Waals surface area contributed by atoms with Gasteiger partial charge in [0.05, 0.1) is 0 Å². The summed E-state index contributed by atoms with van der Waals surface area (Å²) in [6, 6.07) is 11.5. The highest BCUT2D eigenvalue weighted by Crippen LogP contribution is 2.31. The van der Waals surface area contributed by atoms with Gasteiger partial charge in [-0.25, -0.2) is 0 Å². The van der Waals surface area contributed by atoms with Crippen LogP contribution in [0, 0.1) is 0 Å². The number of hydrogen-bond donors (Lipinski definition) is 1. The lowest BCUT2D eigenvalue weighted by molar-refractivity contribution is 0.213. The largest absolute Gasteiger partial charge is 0.309 e. The Balaban J connectivity index is 2.10. The van der Waals surface area contributed by atoms with E-state index in [-0.39, 0.29) is 0 Å². The molecule has 94 valence electrons. The smallest absolute Gasteiger partial charge is 0.0224 e. The Kier molecular flexibility index (Phi) is 4.22. The van der Waals surface area contributed by atoms with Crippen LogP contribution in [0.3, 0.4) is 0 Å². The van der Waals surface area contributed by atoms with E-state index in [4.69, 9.17) is 0 Å². The molecule has 1 aromatic rings. The Morgan fingerprint density at radius 1 is 1.06 bits per heavy atom. The third-order valence-electron chi connectivity index (χ3n) is 3.79. The molecule has 0 heterocycles. The highest BCUT2D eigenvalue weighted by molar-refractivity contribution is 5.18. The van der Waals surface area contributed by atoms with Crippen LogP contribution in [-0.2, 0) is 6.42 Å². The van der Waals surface area contributed by atoms with Crippen LogP contribution in [0.15, 0.2) is 30.3 Å². The zero-order valence-corrected chi connectivity index (χ0v) is 11.2. The molecule has 1 heteroatoms. The van der Waals surface area contributed by atoms with E-state index >= 15 is 0 Å². The van der Waals surface area contributed by atoms with Crippen molar-refractivity contribution in [1.29, 1.82) is 0 Å². The molecule has 1 fully saturated rings. The molecule has 0 bridgehead atoms. The highest BCUT2D eigenvalue weighted by Gasteiger charge is 2.32. The minimum Gasteiger partial charge on any atom is -0.309 e. The van der Waals surface area contributed by atoms with Crippen molar-refractivity contribution in [2.75, 3.05) is 0 Å². The third kappa shape index (κ3) is 3.57. The topological polar surface area (TPSA) is 12.0 Å². The lowest BCUT2D eigenvalue weighted by atomic mass is 9.77. The van der Waals surface area contributed by atoms with Gasteiger partial charge in [-0.3, -0.25) is 0 Å². The Morgan fingerprint density at radius 3 is 2.29 bits per heavy atom. The van der Waals surface area contributed by atoms with Crippen LogP contribution in [0.5, 0.6) is 0 Å². The molecule has 17 heavy (non-hydrogen) atoms. The molecule has 0 radical (unpaired) electrons. The molecule has 1 aliphatic carbocycles. The van der Waals surface area contributed by atoms with Gasteiger partial charge in [-0.1, -0.05) is 63.4 Å². The quantitative estimate of drug-likeness (QED) is 0.828. The molecule has 0 amide bonds. The third-order valence-corrected chi connectivity index (χ3v) is 3.79. The first kappa shape index (κ1) is 12.6. The van der Waals surface area contributed by atoms with Crippen LogP contribution < -0.4 is 5.32 Å². The lowest BCUT2D eigenvalue weighted by Crippen LogP contribution is -2.51. The van der Waals surface area contributed by atoms with E-state index in [9.17, 15) is 0 Å². The van der Waals surface area contributed by atoms with E-state index in [1.165, 1.54) is 44.1 Å². The maximum absolute atomic E-state index is 3.84. The van der Waals surface area contributed by atoms with Gasteiger partial charge in [0.25, 0.3) is 0 Å². The molecule has 1 aliphatic rings. The Bertz CT molecular complexity index is 323. The van der Waals surface area contributed by atoms with Gasteiger partial charge in [-0.05, 0) is 24.8 Å². The Labute approximate surface area is 106 Å². The summed E-state index contributed by atoms with van der Waals surface area (Å²) in [5, 5.41) is 3.84. The first-order chi connectivity index (χ1) is 8.20. The molecular weight excluding hydrogens is 206 g/mol. The average molecular weight is 231 g/mol. The minimum atomic E-state index is 0.355. The normalized spacial score (nSPS) is 19.5. The van der Waals surface area contributed by atoms with Crippen LogP contribution in [-0.4, -0.2) is 11.6 Å². The van der Waals surface area contributed by atoms with Crippen molar-refractivity contribution >= 4 is 0 Å². The monoisotopic (exact) mass is 231 g/mol. The fraction of sp³-hybridized carbons (Fsp3) is 0.625. The molecule has 1 saturated carbocycles. The molecule has 0 aliphatic heterocycles. The molecule has 0 unspecified atom stereocenters. The first-order valence-electron chi connectivity index (χ1n) is 7.02. The second-order valence-corrected chi connectivity index (χ2v) is 5.80. The fourth-order valence-corrected chi connectivity index (χ4v) is 3.20. The summed E-state index contributed by atoms with van der Waals surface area (Å²) in [5.74, 6) is 0. The van der Waals surface area contributed by atoms with Crippen molar-refractivity contribution in [3.8, 4) is 0 Å². The number of rotatable bonds is 4. The average Bonchev–Trinajstić information content (AvgIpc) is 2.30. The lowest BCUT2D eigenvalue weighted by Gasteiger charge is -2.40. The van der Waals surface area contributed by atoms with Crippen LogP contribution in [0.2, 0.25) is 0 Å². The van der Waals surface area contributed by atoms with E-state index in [2.05, 4.69) is 49.5 Å². The summed E-state index contributed by atoms with van der Waals surface area (Å²) >= 11 is 0. The number of benzene rings is 1. The van der Waals surface area contributed by atoms with Gasteiger partial charge in [-0.2, -0.15) is 0 Å². The summed E-state index contributed by atoms with van der Waals surface area (Å²) in [5.41, 5.74) is 1.83. The van der Waals surface area contributed by atoms with Gasteiger partial charge in [0.2, 0.25) is 0 Å². The predicted octanol–water partition coefficient (Wildman–Crippen LogP) is 3.93. The fourth-order valence-electron chi connectivity index (χ4n) is 3.20. The van der Waals surface area contributed by atoms with Crippen molar-refractivity contribution in [3.63, 3.8) is 0 Å². The highest BCUT2D eigenvalue weighted by atomic mass is 15.0. The van der Waals surface area contributed by atoms with Crippen molar-refractivity contribution in [2.45, 2.75) is 64.0 Å². The molecule has 1 N–H and O–H groups in total. The standard InChI is InChI=1S/C16H25N/c1-14(2)17-16(11-7-4-8-12-16)13-15-9-5-3-6-10-15/h3,5-6,9-10,14,17H,4,7-8,11-13H2,1-2H3. The molecule has 0 spiro atoms. The van der Waals surface area contributed by atoms with E-state index in [0.717, 1.165) is 0 Å². The second kappa shape index (κ2) is 5.68. The minimum absolute atomic E-state index is 0.355. The van der Waals surface area contributed by atoms with Crippen molar-refractivity contribution in [1.82, 2.24) is 5.32 Å². The van der Waals surface area contributed by atoms with Gasteiger partial charge in [0.1, 0.15) is 0 Å². The Hall–Kier alpha value is -0.820. The maximum atomic E-state index is 3.84. The van der Waals surface area contributed by atoms with Crippen LogP contribution in [0.1, 0.15) is 51.5 Å². The Morgan fingerprint density at radius 2 is 1.71 bits per heavy atom. The van der Waals surface area contributed by atoms with Crippen molar-refractivity contribution in [2.24, 2.45) is 0 Å². The zero-order valence-electron chi connectivity index (χ0n) is 11.2. The van der Waals surface area contributed by atoms with Gasteiger partial charge in [-0.15, -0.1) is 0 Å². The van der Waals surface area contributed by atoms with E-state index in [1.54, 1.807) is 0 Å². The van der Waals surface area contributed by atoms with E-state index in [1.807, 2.05) is 0 Å². The van der Waals surface area contributed by atoms with E-state index < -0.39 is 0 Å². The molecule has 1 nitrogen and oxygen atoms in total. The summed E-state index contributed by atoms with van der Waals surface area (Å²) in [6.45, 7) is 4.53. The van der Waals surface area contributed by atoms with Crippen molar-refractivity contribution in [3.05, 3.63) is 35.9 Å². The summed E-state index contributed by atoms with van der Waals surface area (Å²) in [6.07, 6.45) is 8.03. The number of nitrogens with one attached hydrogen (secondary N) is 1. The summed E-state index contributed by atoms with van der Waals surface area (Å²) < 4.78 is 0. The molecular formula is C16H25N. The zero-order chi connectivity index (χ0) is 12.1. The van der Waals surface area contributed by atoms with E-state index in [0.29, 0.717) is 11.6 Å². The molecule has 0 atom stereocenters. The maximum Gasteiger partial charge on any atom is 0.0224 e. The van der Waals surface area contributed by atoms with Crippen LogP contribution in [0.25, 0.3) is 0 Å². The predicted molar refractivity (Wildman–Crippen MR) is 74.2 cm³/mol. The molecule has 0 saturated heterocycles. The van der Waals surface area contributed by atoms with Gasteiger partial charge >= 0.3 is 0 Å². The summed E-state index contributed by atoms with van der Waals surface area (Å²) in [7, 11) is 0. The van der Waals surface area contributed by atoms with Crippen molar-refractivity contribution < 1.29 is 0 Å². The van der Waals surface area contributed by atoms with Crippen LogP contribution >= 0.6 is 0 Å². The molecule has 1 aromatic carbocycles.